The van der Waals surface area contributed by atoms with E-state index >= 15 is 0 Å². The van der Waals surface area contributed by atoms with Gasteiger partial charge in [0.2, 0.25) is 0 Å². The van der Waals surface area contributed by atoms with Crippen molar-refractivity contribution in [3.05, 3.63) is 11.9 Å². The van der Waals surface area contributed by atoms with Gasteiger partial charge in [0.05, 0.1) is 5.69 Å². The summed E-state index contributed by atoms with van der Waals surface area (Å²) in [5.74, 6) is 0.566. The number of carbonyl (C=O) groups excluding carboxylic acids is 1. The third-order valence-corrected chi connectivity index (χ3v) is 3.30. The summed E-state index contributed by atoms with van der Waals surface area (Å²) in [5, 5.41) is 4.09. The topological polar surface area (TPSA) is 64.2 Å². The van der Waals surface area contributed by atoms with Crippen LogP contribution in [0.25, 0.3) is 0 Å². The molecule has 1 atom stereocenters. The average Bonchev–Trinajstić information content (AvgIpc) is 3.02. The number of rotatable bonds is 3. The minimum absolute atomic E-state index is 0.0856. The fourth-order valence-corrected chi connectivity index (χ4v) is 1.92. The SMILES string of the molecule is CC(C1CC1)N(C)C(=O)c1nn(C)cc1N. The van der Waals surface area contributed by atoms with Crippen LogP contribution in [0.3, 0.4) is 0 Å². The lowest BCUT2D eigenvalue weighted by molar-refractivity contribution is 0.0721. The standard InChI is InChI=1S/C11H18N4O/c1-7(8-4-5-8)15(3)11(16)10-9(12)6-14(2)13-10/h6-8H,4-5,12H2,1-3H3. The van der Waals surface area contributed by atoms with Crippen molar-refractivity contribution in [2.75, 3.05) is 12.8 Å². The first-order chi connectivity index (χ1) is 7.50. The molecule has 1 fully saturated rings. The first-order valence-corrected chi connectivity index (χ1v) is 5.57. The van der Waals surface area contributed by atoms with Gasteiger partial charge < -0.3 is 10.6 Å². The Bertz CT molecular complexity index is 408. The van der Waals surface area contributed by atoms with E-state index in [1.54, 1.807) is 22.8 Å². The molecule has 1 amide bonds. The van der Waals surface area contributed by atoms with Gasteiger partial charge in [-0.15, -0.1) is 0 Å². The summed E-state index contributed by atoms with van der Waals surface area (Å²) >= 11 is 0. The van der Waals surface area contributed by atoms with Crippen molar-refractivity contribution in [2.45, 2.75) is 25.8 Å². The van der Waals surface area contributed by atoms with E-state index in [1.807, 2.05) is 7.05 Å². The molecule has 0 spiro atoms. The predicted molar refractivity (Wildman–Crippen MR) is 61.9 cm³/mol. The molecule has 1 aromatic rings. The maximum Gasteiger partial charge on any atom is 0.276 e. The van der Waals surface area contributed by atoms with Crippen LogP contribution in [0.15, 0.2) is 6.20 Å². The van der Waals surface area contributed by atoms with Crippen molar-refractivity contribution in [3.8, 4) is 0 Å². The zero-order valence-electron chi connectivity index (χ0n) is 9.97. The fourth-order valence-electron chi connectivity index (χ4n) is 1.92. The highest BCUT2D eigenvalue weighted by Crippen LogP contribution is 2.35. The summed E-state index contributed by atoms with van der Waals surface area (Å²) in [7, 11) is 3.58. The van der Waals surface area contributed by atoms with Crippen molar-refractivity contribution in [3.63, 3.8) is 0 Å². The number of amides is 1. The van der Waals surface area contributed by atoms with Crippen LogP contribution in [0, 0.1) is 5.92 Å². The molecule has 5 nitrogen and oxygen atoms in total. The first-order valence-electron chi connectivity index (χ1n) is 5.57. The van der Waals surface area contributed by atoms with Gasteiger partial charge in [0.1, 0.15) is 0 Å². The van der Waals surface area contributed by atoms with Crippen LogP contribution in [0.5, 0.6) is 0 Å². The molecule has 1 aliphatic rings. The van der Waals surface area contributed by atoms with Crippen LogP contribution in [-0.2, 0) is 7.05 Å². The second-order valence-electron chi connectivity index (χ2n) is 4.60. The molecular formula is C11H18N4O. The van der Waals surface area contributed by atoms with Gasteiger partial charge in [0.25, 0.3) is 5.91 Å². The molecule has 0 bridgehead atoms. The number of aromatic nitrogens is 2. The molecule has 0 radical (unpaired) electrons. The first kappa shape index (κ1) is 11.0. The van der Waals surface area contributed by atoms with E-state index in [1.165, 1.54) is 12.8 Å². The number of hydrogen-bond acceptors (Lipinski definition) is 3. The molecular weight excluding hydrogens is 204 g/mol. The van der Waals surface area contributed by atoms with Gasteiger partial charge in [-0.25, -0.2) is 0 Å². The quantitative estimate of drug-likeness (QED) is 0.825. The summed E-state index contributed by atoms with van der Waals surface area (Å²) in [4.78, 5) is 13.9. The minimum Gasteiger partial charge on any atom is -0.396 e. The molecule has 0 aromatic carbocycles. The molecule has 1 aromatic heterocycles. The average molecular weight is 222 g/mol. The minimum atomic E-state index is -0.0856. The number of nitrogen functional groups attached to an aromatic ring is 1. The number of nitrogens with zero attached hydrogens (tertiary/aromatic N) is 3. The Kier molecular flexibility index (Phi) is 2.61. The Labute approximate surface area is 95.2 Å². The monoisotopic (exact) mass is 222 g/mol. The van der Waals surface area contributed by atoms with Crippen LogP contribution in [0.2, 0.25) is 0 Å². The van der Waals surface area contributed by atoms with Crippen molar-refractivity contribution in [2.24, 2.45) is 13.0 Å². The molecule has 0 saturated heterocycles. The van der Waals surface area contributed by atoms with E-state index in [0.29, 0.717) is 17.3 Å². The van der Waals surface area contributed by atoms with E-state index in [-0.39, 0.29) is 11.9 Å². The molecule has 16 heavy (non-hydrogen) atoms. The van der Waals surface area contributed by atoms with Crippen molar-refractivity contribution in [1.82, 2.24) is 14.7 Å². The summed E-state index contributed by atoms with van der Waals surface area (Å²) in [6.07, 6.45) is 4.09. The second kappa shape index (κ2) is 3.81. The van der Waals surface area contributed by atoms with E-state index in [2.05, 4.69) is 12.0 Å². The molecule has 0 aliphatic heterocycles. The number of carbonyl (C=O) groups is 1. The van der Waals surface area contributed by atoms with Crippen molar-refractivity contribution in [1.29, 1.82) is 0 Å². The molecule has 2 N–H and O–H groups in total. The second-order valence-corrected chi connectivity index (χ2v) is 4.60. The van der Waals surface area contributed by atoms with Crippen molar-refractivity contribution < 1.29 is 4.79 Å². The molecule has 88 valence electrons. The third kappa shape index (κ3) is 1.89. The molecule has 1 aliphatic carbocycles. The number of aryl methyl sites for hydroxylation is 1. The normalized spacial score (nSPS) is 17.2. The lowest BCUT2D eigenvalue weighted by Gasteiger charge is -2.24. The number of anilines is 1. The van der Waals surface area contributed by atoms with Gasteiger partial charge in [-0.1, -0.05) is 0 Å². The van der Waals surface area contributed by atoms with E-state index in [0.717, 1.165) is 0 Å². The van der Waals surface area contributed by atoms with Crippen LogP contribution >= 0.6 is 0 Å². The van der Waals surface area contributed by atoms with Crippen molar-refractivity contribution >= 4 is 11.6 Å². The van der Waals surface area contributed by atoms with Crippen LogP contribution in [0.1, 0.15) is 30.3 Å². The highest BCUT2D eigenvalue weighted by atomic mass is 16.2. The molecule has 1 unspecified atom stereocenters. The Morgan fingerprint density at radius 1 is 1.69 bits per heavy atom. The van der Waals surface area contributed by atoms with Gasteiger partial charge in [0.15, 0.2) is 5.69 Å². The summed E-state index contributed by atoms with van der Waals surface area (Å²) in [6.45, 7) is 2.08. The van der Waals surface area contributed by atoms with Crippen LogP contribution in [-0.4, -0.2) is 33.7 Å². The van der Waals surface area contributed by atoms with Crippen LogP contribution < -0.4 is 5.73 Å². The van der Waals surface area contributed by atoms with Gasteiger partial charge in [-0.3, -0.25) is 9.48 Å². The fraction of sp³-hybridized carbons (Fsp3) is 0.636. The lowest BCUT2D eigenvalue weighted by atomic mass is 10.2. The molecule has 2 rings (SSSR count). The Balaban J connectivity index is 2.14. The summed E-state index contributed by atoms with van der Waals surface area (Å²) in [5.41, 5.74) is 6.55. The van der Waals surface area contributed by atoms with Gasteiger partial charge in [-0.2, -0.15) is 5.10 Å². The Hall–Kier alpha value is -1.52. The van der Waals surface area contributed by atoms with Gasteiger partial charge in [-0.05, 0) is 25.7 Å². The lowest BCUT2D eigenvalue weighted by Crippen LogP contribution is -2.37. The number of nitrogens with two attached hydrogens (primary N) is 1. The van der Waals surface area contributed by atoms with E-state index in [9.17, 15) is 4.79 Å². The van der Waals surface area contributed by atoms with E-state index < -0.39 is 0 Å². The van der Waals surface area contributed by atoms with Gasteiger partial charge >= 0.3 is 0 Å². The third-order valence-electron chi connectivity index (χ3n) is 3.30. The predicted octanol–water partition coefficient (Wildman–Crippen LogP) is 0.873. The number of hydrogen-bond donors (Lipinski definition) is 1. The van der Waals surface area contributed by atoms with E-state index in [4.69, 9.17) is 5.73 Å². The molecule has 5 heteroatoms. The molecule has 1 heterocycles. The zero-order valence-corrected chi connectivity index (χ0v) is 9.97. The summed E-state index contributed by atoms with van der Waals surface area (Å²) < 4.78 is 1.57. The smallest absolute Gasteiger partial charge is 0.276 e. The Morgan fingerprint density at radius 3 is 2.75 bits per heavy atom. The maximum absolute atomic E-state index is 12.1. The highest BCUT2D eigenvalue weighted by molar-refractivity contribution is 5.97. The summed E-state index contributed by atoms with van der Waals surface area (Å²) in [6, 6.07) is 0.272. The zero-order chi connectivity index (χ0) is 11.9. The maximum atomic E-state index is 12.1. The molecule has 1 saturated carbocycles. The highest BCUT2D eigenvalue weighted by Gasteiger charge is 2.33. The largest absolute Gasteiger partial charge is 0.396 e. The van der Waals surface area contributed by atoms with Crippen LogP contribution in [0.4, 0.5) is 5.69 Å². The van der Waals surface area contributed by atoms with Gasteiger partial charge in [0, 0.05) is 26.3 Å². The Morgan fingerprint density at radius 2 is 2.31 bits per heavy atom.